The Morgan fingerprint density at radius 2 is 2.06 bits per heavy atom. The van der Waals surface area contributed by atoms with Gasteiger partial charge in [-0.25, -0.2) is 0 Å². The molecule has 1 unspecified atom stereocenters. The van der Waals surface area contributed by atoms with E-state index in [2.05, 4.69) is 37.2 Å². The van der Waals surface area contributed by atoms with Crippen LogP contribution in [0, 0.1) is 12.3 Å². The monoisotopic (exact) mass is 231 g/mol. The lowest BCUT2D eigenvalue weighted by Crippen LogP contribution is -2.19. The van der Waals surface area contributed by atoms with Crippen molar-refractivity contribution < 1.29 is 4.74 Å². The highest BCUT2D eigenvalue weighted by atomic mass is 16.5. The van der Waals surface area contributed by atoms with Gasteiger partial charge in [0.25, 0.3) is 0 Å². The van der Waals surface area contributed by atoms with Crippen molar-refractivity contribution in [2.75, 3.05) is 13.2 Å². The van der Waals surface area contributed by atoms with E-state index >= 15 is 0 Å². The fourth-order valence-electron chi connectivity index (χ4n) is 1.55. The molecule has 1 N–H and O–H groups in total. The molecule has 0 saturated carbocycles. The Bertz CT molecular complexity index is 350. The van der Waals surface area contributed by atoms with Crippen LogP contribution in [0.25, 0.3) is 0 Å². The molecule has 17 heavy (non-hydrogen) atoms. The second kappa shape index (κ2) is 7.76. The van der Waals surface area contributed by atoms with Gasteiger partial charge in [-0.15, -0.1) is 12.3 Å². The van der Waals surface area contributed by atoms with Crippen LogP contribution < -0.4 is 10.1 Å². The van der Waals surface area contributed by atoms with Crippen LogP contribution in [0.2, 0.25) is 0 Å². The Morgan fingerprint density at radius 3 is 2.65 bits per heavy atom. The minimum Gasteiger partial charge on any atom is -0.494 e. The molecule has 0 aromatic heterocycles. The van der Waals surface area contributed by atoms with Crippen LogP contribution in [0.5, 0.6) is 5.75 Å². The van der Waals surface area contributed by atoms with Crippen molar-refractivity contribution in [2.45, 2.75) is 32.7 Å². The summed E-state index contributed by atoms with van der Waals surface area (Å²) in [6, 6.07) is 8.55. The molecular weight excluding hydrogens is 210 g/mol. The number of terminal acetylenes is 1. The van der Waals surface area contributed by atoms with Gasteiger partial charge in [0, 0.05) is 19.0 Å². The van der Waals surface area contributed by atoms with E-state index in [9.17, 15) is 0 Å². The topological polar surface area (TPSA) is 21.3 Å². The average molecular weight is 231 g/mol. The van der Waals surface area contributed by atoms with Gasteiger partial charge in [0.05, 0.1) is 6.61 Å². The molecule has 0 fully saturated rings. The lowest BCUT2D eigenvalue weighted by atomic mass is 10.1. The summed E-state index contributed by atoms with van der Waals surface area (Å²) in [6.45, 7) is 5.87. The molecule has 1 aromatic rings. The molecule has 0 spiro atoms. The summed E-state index contributed by atoms with van der Waals surface area (Å²) in [7, 11) is 0. The van der Waals surface area contributed by atoms with Crippen LogP contribution in [0.1, 0.15) is 38.3 Å². The van der Waals surface area contributed by atoms with Crippen molar-refractivity contribution in [3.63, 3.8) is 0 Å². The molecule has 0 saturated heterocycles. The fourth-order valence-corrected chi connectivity index (χ4v) is 1.55. The standard InChI is InChI=1S/C15H21NO/c1-4-6-11-16-13(3)14-7-9-15(10-8-14)17-12-5-2/h1,7-10,13,16H,5-6,11-12H2,2-3H3. The van der Waals surface area contributed by atoms with Crippen molar-refractivity contribution in [1.29, 1.82) is 0 Å². The molecule has 2 heteroatoms. The summed E-state index contributed by atoms with van der Waals surface area (Å²) in [5, 5.41) is 3.38. The van der Waals surface area contributed by atoms with E-state index in [4.69, 9.17) is 11.2 Å². The van der Waals surface area contributed by atoms with E-state index < -0.39 is 0 Å². The van der Waals surface area contributed by atoms with Crippen molar-refractivity contribution >= 4 is 0 Å². The van der Waals surface area contributed by atoms with Gasteiger partial charge in [-0.1, -0.05) is 19.1 Å². The van der Waals surface area contributed by atoms with Crippen molar-refractivity contribution in [1.82, 2.24) is 5.32 Å². The normalized spacial score (nSPS) is 11.8. The third kappa shape index (κ3) is 4.93. The van der Waals surface area contributed by atoms with E-state index in [1.807, 2.05) is 12.1 Å². The van der Waals surface area contributed by atoms with E-state index in [1.54, 1.807) is 0 Å². The summed E-state index contributed by atoms with van der Waals surface area (Å²) in [5.74, 6) is 3.56. The highest BCUT2D eigenvalue weighted by molar-refractivity contribution is 5.28. The highest BCUT2D eigenvalue weighted by Crippen LogP contribution is 2.17. The molecule has 0 amide bonds. The minimum absolute atomic E-state index is 0.323. The Labute approximate surface area is 104 Å². The maximum Gasteiger partial charge on any atom is 0.119 e. The first-order valence-electron chi connectivity index (χ1n) is 6.17. The van der Waals surface area contributed by atoms with Crippen LogP contribution >= 0.6 is 0 Å². The molecular formula is C15H21NO. The summed E-state index contributed by atoms with van der Waals surface area (Å²) >= 11 is 0. The largest absolute Gasteiger partial charge is 0.494 e. The van der Waals surface area contributed by atoms with Crippen LogP contribution in [0.3, 0.4) is 0 Å². The predicted octanol–water partition coefficient (Wildman–Crippen LogP) is 3.15. The third-order valence-electron chi connectivity index (χ3n) is 2.57. The lowest BCUT2D eigenvalue weighted by Gasteiger charge is -2.14. The van der Waals surface area contributed by atoms with Gasteiger partial charge in [-0.2, -0.15) is 0 Å². The van der Waals surface area contributed by atoms with Crippen LogP contribution in [0.15, 0.2) is 24.3 Å². The molecule has 0 bridgehead atoms. The maximum atomic E-state index is 5.54. The molecule has 1 atom stereocenters. The summed E-state index contributed by atoms with van der Waals surface area (Å²) in [6.07, 6.45) is 7.01. The summed E-state index contributed by atoms with van der Waals surface area (Å²) in [4.78, 5) is 0. The highest BCUT2D eigenvalue weighted by Gasteiger charge is 2.03. The first kappa shape index (κ1) is 13.6. The molecule has 0 aliphatic carbocycles. The molecule has 92 valence electrons. The minimum atomic E-state index is 0.323. The van der Waals surface area contributed by atoms with Gasteiger partial charge < -0.3 is 10.1 Å². The Balaban J connectivity index is 2.46. The first-order valence-corrected chi connectivity index (χ1v) is 6.17. The van der Waals surface area contributed by atoms with Gasteiger partial charge >= 0.3 is 0 Å². The smallest absolute Gasteiger partial charge is 0.119 e. The first-order chi connectivity index (χ1) is 8.27. The number of benzene rings is 1. The second-order valence-corrected chi connectivity index (χ2v) is 4.05. The van der Waals surface area contributed by atoms with Crippen LogP contribution in [-0.4, -0.2) is 13.2 Å². The van der Waals surface area contributed by atoms with E-state index in [0.29, 0.717) is 6.04 Å². The van der Waals surface area contributed by atoms with E-state index in [0.717, 1.165) is 31.7 Å². The quantitative estimate of drug-likeness (QED) is 0.575. The molecule has 0 aliphatic heterocycles. The molecule has 0 radical (unpaired) electrons. The van der Waals surface area contributed by atoms with Crippen molar-refractivity contribution in [3.05, 3.63) is 29.8 Å². The molecule has 2 nitrogen and oxygen atoms in total. The lowest BCUT2D eigenvalue weighted by molar-refractivity contribution is 0.317. The van der Waals surface area contributed by atoms with E-state index in [1.165, 1.54) is 5.56 Å². The van der Waals surface area contributed by atoms with Gasteiger partial charge in [0.2, 0.25) is 0 Å². The van der Waals surface area contributed by atoms with Gasteiger partial charge in [-0.3, -0.25) is 0 Å². The van der Waals surface area contributed by atoms with Gasteiger partial charge in [-0.05, 0) is 31.0 Å². The van der Waals surface area contributed by atoms with Crippen LogP contribution in [0.4, 0.5) is 0 Å². The zero-order valence-electron chi connectivity index (χ0n) is 10.7. The fraction of sp³-hybridized carbons (Fsp3) is 0.467. The molecule has 1 aromatic carbocycles. The SMILES string of the molecule is C#CCCNC(C)c1ccc(OCCC)cc1. The second-order valence-electron chi connectivity index (χ2n) is 4.05. The van der Waals surface area contributed by atoms with Crippen LogP contribution in [-0.2, 0) is 0 Å². The van der Waals surface area contributed by atoms with Gasteiger partial charge in [0.15, 0.2) is 0 Å². The van der Waals surface area contributed by atoms with Gasteiger partial charge in [0.1, 0.15) is 5.75 Å². The number of nitrogens with one attached hydrogen (secondary N) is 1. The molecule has 0 aliphatic rings. The van der Waals surface area contributed by atoms with Crippen molar-refractivity contribution in [3.8, 4) is 18.1 Å². The number of hydrogen-bond acceptors (Lipinski definition) is 2. The zero-order valence-corrected chi connectivity index (χ0v) is 10.7. The zero-order chi connectivity index (χ0) is 12.5. The number of rotatable bonds is 7. The Kier molecular flexibility index (Phi) is 6.21. The summed E-state index contributed by atoms with van der Waals surface area (Å²) < 4.78 is 5.54. The van der Waals surface area contributed by atoms with Crippen molar-refractivity contribution in [2.24, 2.45) is 0 Å². The number of ether oxygens (including phenoxy) is 1. The molecule has 1 rings (SSSR count). The summed E-state index contributed by atoms with van der Waals surface area (Å²) in [5.41, 5.74) is 1.26. The van der Waals surface area contributed by atoms with E-state index in [-0.39, 0.29) is 0 Å². The Morgan fingerprint density at radius 1 is 1.35 bits per heavy atom. The Hall–Kier alpha value is -1.46. The predicted molar refractivity (Wildman–Crippen MR) is 72.1 cm³/mol. The molecule has 0 heterocycles. The number of hydrogen-bond donors (Lipinski definition) is 1. The maximum absolute atomic E-state index is 5.54. The third-order valence-corrected chi connectivity index (χ3v) is 2.57. The average Bonchev–Trinajstić information content (AvgIpc) is 2.37.